The molecule has 0 radical (unpaired) electrons. The lowest BCUT2D eigenvalue weighted by atomic mass is 10.2. The van der Waals surface area contributed by atoms with Crippen LogP contribution in [0.25, 0.3) is 0 Å². The fraction of sp³-hybridized carbons (Fsp3) is 0.500. The van der Waals surface area contributed by atoms with Gasteiger partial charge >= 0.3 is 0 Å². The molecule has 116 valence electrons. The lowest BCUT2D eigenvalue weighted by molar-refractivity contribution is 0.0760. The maximum Gasteiger partial charge on any atom is 0.255 e. The van der Waals surface area contributed by atoms with Gasteiger partial charge in [-0.15, -0.1) is 0 Å². The predicted molar refractivity (Wildman–Crippen MR) is 80.5 cm³/mol. The maximum atomic E-state index is 13.5. The van der Waals surface area contributed by atoms with Crippen molar-refractivity contribution in [1.82, 2.24) is 9.80 Å². The molecule has 0 spiro atoms. The van der Waals surface area contributed by atoms with E-state index in [1.54, 1.807) is 4.90 Å². The average molecular weight is 335 g/mol. The first-order valence-corrected chi connectivity index (χ1v) is 7.55. The molecule has 1 N–H and O–H groups in total. The van der Waals surface area contributed by atoms with Crippen molar-refractivity contribution in [3.05, 3.63) is 33.6 Å². The van der Waals surface area contributed by atoms with Crippen LogP contribution in [0.5, 0.6) is 0 Å². The van der Waals surface area contributed by atoms with Gasteiger partial charge in [-0.3, -0.25) is 9.69 Å². The van der Waals surface area contributed by atoms with E-state index in [9.17, 15) is 9.18 Å². The number of hydrogen-bond acceptors (Lipinski definition) is 3. The van der Waals surface area contributed by atoms with Crippen LogP contribution in [0, 0.1) is 5.82 Å². The second-order valence-corrected chi connectivity index (χ2v) is 5.77. The van der Waals surface area contributed by atoms with Crippen LogP contribution in [0.1, 0.15) is 16.8 Å². The highest BCUT2D eigenvalue weighted by Gasteiger charge is 2.23. The molecular formula is C14H17Cl2FN2O2. The Morgan fingerprint density at radius 2 is 1.95 bits per heavy atom. The number of benzene rings is 1. The summed E-state index contributed by atoms with van der Waals surface area (Å²) < 4.78 is 13.5. The van der Waals surface area contributed by atoms with E-state index < -0.39 is 5.82 Å². The van der Waals surface area contributed by atoms with Gasteiger partial charge in [-0.25, -0.2) is 4.39 Å². The standard InChI is InChI=1S/C14H17Cl2FN2O2/c15-11-9-12(16)13(17)8-10(11)14(21)19-3-1-2-18(4-5-19)6-7-20/h8-9,20H,1-7H2. The number of carbonyl (C=O) groups is 1. The van der Waals surface area contributed by atoms with Crippen LogP contribution in [0.15, 0.2) is 12.1 Å². The Morgan fingerprint density at radius 1 is 1.19 bits per heavy atom. The summed E-state index contributed by atoms with van der Waals surface area (Å²) in [6, 6.07) is 2.34. The van der Waals surface area contributed by atoms with Crippen LogP contribution in [-0.4, -0.2) is 60.1 Å². The summed E-state index contributed by atoms with van der Waals surface area (Å²) in [5.41, 5.74) is 0.133. The molecule has 0 aromatic heterocycles. The Labute approximate surface area is 133 Å². The predicted octanol–water partition coefficient (Wildman–Crippen LogP) is 2.27. The van der Waals surface area contributed by atoms with Crippen LogP contribution in [0.4, 0.5) is 4.39 Å². The van der Waals surface area contributed by atoms with Crippen molar-refractivity contribution in [3.63, 3.8) is 0 Å². The van der Waals surface area contributed by atoms with E-state index in [1.165, 1.54) is 6.07 Å². The number of nitrogens with zero attached hydrogens (tertiary/aromatic N) is 2. The Morgan fingerprint density at radius 3 is 2.67 bits per heavy atom. The molecule has 7 heteroatoms. The van der Waals surface area contributed by atoms with Crippen LogP contribution in [0.3, 0.4) is 0 Å². The molecule has 0 bridgehead atoms. The van der Waals surface area contributed by atoms with Crippen molar-refractivity contribution >= 4 is 29.1 Å². The number of hydrogen-bond donors (Lipinski definition) is 1. The van der Waals surface area contributed by atoms with E-state index in [1.807, 2.05) is 0 Å². The first kappa shape index (κ1) is 16.5. The lowest BCUT2D eigenvalue weighted by Crippen LogP contribution is -2.36. The molecule has 1 aromatic carbocycles. The second kappa shape index (κ2) is 7.40. The van der Waals surface area contributed by atoms with E-state index in [0.717, 1.165) is 19.0 Å². The van der Waals surface area contributed by atoms with Gasteiger partial charge in [0.1, 0.15) is 5.82 Å². The van der Waals surface area contributed by atoms with Gasteiger partial charge in [0.15, 0.2) is 0 Å². The van der Waals surface area contributed by atoms with Crippen molar-refractivity contribution < 1.29 is 14.3 Å². The zero-order chi connectivity index (χ0) is 15.4. The van der Waals surface area contributed by atoms with E-state index in [2.05, 4.69) is 4.90 Å². The Kier molecular flexibility index (Phi) is 5.81. The molecular weight excluding hydrogens is 318 g/mol. The minimum Gasteiger partial charge on any atom is -0.395 e. The number of aliphatic hydroxyl groups excluding tert-OH is 1. The van der Waals surface area contributed by atoms with E-state index in [4.69, 9.17) is 28.3 Å². The second-order valence-electron chi connectivity index (χ2n) is 4.96. The van der Waals surface area contributed by atoms with Gasteiger partial charge in [0.2, 0.25) is 0 Å². The van der Waals surface area contributed by atoms with Gasteiger partial charge < -0.3 is 10.0 Å². The molecule has 2 rings (SSSR count). The highest BCUT2D eigenvalue weighted by atomic mass is 35.5. The molecule has 1 aliphatic rings. The Bertz CT molecular complexity index is 528. The van der Waals surface area contributed by atoms with Gasteiger partial charge in [-0.2, -0.15) is 0 Å². The largest absolute Gasteiger partial charge is 0.395 e. The maximum absolute atomic E-state index is 13.5. The fourth-order valence-corrected chi connectivity index (χ4v) is 2.86. The number of β-amino-alcohol motifs (C(OH)–C–C–N with tert-alkyl or cyclic N) is 1. The molecule has 1 amide bonds. The molecule has 4 nitrogen and oxygen atoms in total. The summed E-state index contributed by atoms with van der Waals surface area (Å²) in [6.07, 6.45) is 0.805. The zero-order valence-electron chi connectivity index (χ0n) is 11.5. The molecule has 0 aliphatic carbocycles. The molecule has 1 aliphatic heterocycles. The minimum absolute atomic E-state index is 0.0958. The van der Waals surface area contributed by atoms with E-state index in [0.29, 0.717) is 26.2 Å². The molecule has 0 unspecified atom stereocenters. The van der Waals surface area contributed by atoms with Crippen LogP contribution in [-0.2, 0) is 0 Å². The summed E-state index contributed by atoms with van der Waals surface area (Å²) >= 11 is 11.6. The molecule has 1 heterocycles. The number of aliphatic hydroxyl groups is 1. The highest BCUT2D eigenvalue weighted by molar-refractivity contribution is 6.36. The summed E-state index contributed by atoms with van der Waals surface area (Å²) in [6.45, 7) is 3.31. The average Bonchev–Trinajstić information content (AvgIpc) is 2.68. The van der Waals surface area contributed by atoms with Crippen molar-refractivity contribution in [2.24, 2.45) is 0 Å². The quantitative estimate of drug-likeness (QED) is 0.862. The molecule has 21 heavy (non-hydrogen) atoms. The smallest absolute Gasteiger partial charge is 0.255 e. The summed E-state index contributed by atoms with van der Waals surface area (Å²) in [4.78, 5) is 16.2. The summed E-state index contributed by atoms with van der Waals surface area (Å²) in [5.74, 6) is -0.942. The zero-order valence-corrected chi connectivity index (χ0v) is 13.0. The van der Waals surface area contributed by atoms with Crippen molar-refractivity contribution in [1.29, 1.82) is 0 Å². The molecule has 1 aromatic rings. The number of rotatable bonds is 3. The summed E-state index contributed by atoms with van der Waals surface area (Å²) in [7, 11) is 0. The molecule has 1 fully saturated rings. The molecule has 1 saturated heterocycles. The number of halogens is 3. The van der Waals surface area contributed by atoms with Crippen LogP contribution in [0.2, 0.25) is 10.0 Å². The first-order chi connectivity index (χ1) is 10.0. The van der Waals surface area contributed by atoms with Crippen LogP contribution < -0.4 is 0 Å². The van der Waals surface area contributed by atoms with E-state index in [-0.39, 0.29) is 28.1 Å². The number of amides is 1. The minimum atomic E-state index is -0.652. The monoisotopic (exact) mass is 334 g/mol. The molecule has 0 atom stereocenters. The third-order valence-corrected chi connectivity index (χ3v) is 4.13. The number of carbonyl (C=O) groups excluding carboxylic acids is 1. The normalized spacial score (nSPS) is 16.9. The lowest BCUT2D eigenvalue weighted by Gasteiger charge is -2.22. The third-order valence-electron chi connectivity index (χ3n) is 3.53. The van der Waals surface area contributed by atoms with E-state index >= 15 is 0 Å². The van der Waals surface area contributed by atoms with Gasteiger partial charge in [-0.05, 0) is 25.1 Å². The Balaban J connectivity index is 2.11. The van der Waals surface area contributed by atoms with Gasteiger partial charge in [0.05, 0.1) is 22.2 Å². The fourth-order valence-electron chi connectivity index (χ4n) is 2.40. The van der Waals surface area contributed by atoms with Crippen molar-refractivity contribution in [2.75, 3.05) is 39.3 Å². The Hall–Kier alpha value is -0.880. The van der Waals surface area contributed by atoms with Crippen LogP contribution >= 0.6 is 23.2 Å². The highest BCUT2D eigenvalue weighted by Crippen LogP contribution is 2.25. The van der Waals surface area contributed by atoms with Crippen molar-refractivity contribution in [3.8, 4) is 0 Å². The van der Waals surface area contributed by atoms with Crippen molar-refractivity contribution in [2.45, 2.75) is 6.42 Å². The topological polar surface area (TPSA) is 43.8 Å². The molecule has 0 saturated carbocycles. The summed E-state index contributed by atoms with van der Waals surface area (Å²) in [5, 5.41) is 9.02. The van der Waals surface area contributed by atoms with Gasteiger partial charge in [-0.1, -0.05) is 23.2 Å². The third kappa shape index (κ3) is 4.07. The SMILES string of the molecule is O=C(c1cc(F)c(Cl)cc1Cl)N1CCCN(CCO)CC1. The van der Waals surface area contributed by atoms with Gasteiger partial charge in [0.25, 0.3) is 5.91 Å². The van der Waals surface area contributed by atoms with Gasteiger partial charge in [0, 0.05) is 26.2 Å². The first-order valence-electron chi connectivity index (χ1n) is 6.80.